The highest BCUT2D eigenvalue weighted by atomic mass is 32.2. The molecule has 0 heterocycles. The standard InChI is InChI=1S/C21H25NO5S/c1-15(17-6-7-17)22(14-16-4-10-19(26-2)11-5-16)28(24,25)20-12-8-18(9-13-20)21(23)27-3/h4-5,8-13,15,17H,6-7,14H2,1-3H3/t15-/m0/s1. The van der Waals surface area contributed by atoms with Crippen LogP contribution in [0.2, 0.25) is 0 Å². The fourth-order valence-corrected chi connectivity index (χ4v) is 4.87. The molecule has 1 fully saturated rings. The average Bonchev–Trinajstić information content (AvgIpc) is 3.56. The van der Waals surface area contributed by atoms with E-state index in [1.165, 1.54) is 31.4 Å². The summed E-state index contributed by atoms with van der Waals surface area (Å²) in [6.07, 6.45) is 2.08. The second-order valence-electron chi connectivity index (χ2n) is 6.99. The lowest BCUT2D eigenvalue weighted by Gasteiger charge is -2.28. The summed E-state index contributed by atoms with van der Waals surface area (Å²) < 4.78 is 38.1. The van der Waals surface area contributed by atoms with Crippen LogP contribution in [0.1, 0.15) is 35.7 Å². The maximum absolute atomic E-state index is 13.4. The Balaban J connectivity index is 1.90. The van der Waals surface area contributed by atoms with Crippen LogP contribution in [-0.4, -0.2) is 39.0 Å². The summed E-state index contributed by atoms with van der Waals surface area (Å²) in [4.78, 5) is 11.8. The highest BCUT2D eigenvalue weighted by Gasteiger charge is 2.38. The average molecular weight is 404 g/mol. The summed E-state index contributed by atoms with van der Waals surface area (Å²) in [5.41, 5.74) is 1.21. The minimum Gasteiger partial charge on any atom is -0.497 e. The number of sulfonamides is 1. The van der Waals surface area contributed by atoms with Crippen LogP contribution >= 0.6 is 0 Å². The van der Waals surface area contributed by atoms with E-state index in [-0.39, 0.29) is 17.5 Å². The first kappa shape index (κ1) is 20.4. The van der Waals surface area contributed by atoms with Crippen LogP contribution in [0.25, 0.3) is 0 Å². The number of esters is 1. The summed E-state index contributed by atoms with van der Waals surface area (Å²) in [5, 5.41) is 0. The van der Waals surface area contributed by atoms with Crippen molar-refractivity contribution in [3.8, 4) is 5.75 Å². The highest BCUT2D eigenvalue weighted by Crippen LogP contribution is 2.38. The Kier molecular flexibility index (Phi) is 6.05. The maximum atomic E-state index is 13.4. The molecule has 3 rings (SSSR count). The zero-order chi connectivity index (χ0) is 20.3. The first-order valence-electron chi connectivity index (χ1n) is 9.20. The van der Waals surface area contributed by atoms with E-state index in [4.69, 9.17) is 4.74 Å². The first-order valence-corrected chi connectivity index (χ1v) is 10.6. The molecule has 2 aromatic rings. The molecule has 0 spiro atoms. The van der Waals surface area contributed by atoms with Gasteiger partial charge in [0.2, 0.25) is 10.0 Å². The van der Waals surface area contributed by atoms with E-state index >= 15 is 0 Å². The molecule has 0 amide bonds. The van der Waals surface area contributed by atoms with E-state index in [1.54, 1.807) is 11.4 Å². The molecule has 0 unspecified atom stereocenters. The SMILES string of the molecule is COC(=O)c1ccc(S(=O)(=O)N(Cc2ccc(OC)cc2)[C@@H](C)C2CC2)cc1. The van der Waals surface area contributed by atoms with Gasteiger partial charge in [-0.3, -0.25) is 0 Å². The normalized spacial score (nSPS) is 15.3. The molecular formula is C21H25NO5S. The van der Waals surface area contributed by atoms with Crippen LogP contribution < -0.4 is 4.74 Å². The number of ether oxygens (including phenoxy) is 2. The number of benzene rings is 2. The van der Waals surface area contributed by atoms with Crippen molar-refractivity contribution < 1.29 is 22.7 Å². The zero-order valence-corrected chi connectivity index (χ0v) is 17.1. The van der Waals surface area contributed by atoms with Crippen LogP contribution in [-0.2, 0) is 21.3 Å². The molecule has 6 nitrogen and oxygen atoms in total. The Morgan fingerprint density at radius 2 is 1.68 bits per heavy atom. The van der Waals surface area contributed by atoms with Crippen LogP contribution in [0.15, 0.2) is 53.4 Å². The Morgan fingerprint density at radius 1 is 1.07 bits per heavy atom. The number of hydrogen-bond donors (Lipinski definition) is 0. The summed E-state index contributed by atoms with van der Waals surface area (Å²) in [5.74, 6) is 0.611. The minimum absolute atomic E-state index is 0.104. The van der Waals surface area contributed by atoms with Crippen LogP contribution in [0.5, 0.6) is 5.75 Å². The molecule has 28 heavy (non-hydrogen) atoms. The van der Waals surface area contributed by atoms with Crippen molar-refractivity contribution in [1.29, 1.82) is 0 Å². The highest BCUT2D eigenvalue weighted by molar-refractivity contribution is 7.89. The van der Waals surface area contributed by atoms with Gasteiger partial charge >= 0.3 is 5.97 Å². The molecule has 150 valence electrons. The monoisotopic (exact) mass is 403 g/mol. The molecule has 1 aliphatic rings. The third-order valence-corrected chi connectivity index (χ3v) is 7.08. The number of carbonyl (C=O) groups is 1. The number of hydrogen-bond acceptors (Lipinski definition) is 5. The van der Waals surface area contributed by atoms with Gasteiger partial charge in [0.25, 0.3) is 0 Å². The lowest BCUT2D eigenvalue weighted by Crippen LogP contribution is -2.39. The van der Waals surface area contributed by atoms with Crippen LogP contribution in [0.3, 0.4) is 0 Å². The van der Waals surface area contributed by atoms with E-state index < -0.39 is 16.0 Å². The number of rotatable bonds is 8. The molecule has 0 bridgehead atoms. The van der Waals surface area contributed by atoms with Gasteiger partial charge in [0.05, 0.1) is 24.7 Å². The summed E-state index contributed by atoms with van der Waals surface area (Å²) in [6, 6.07) is 13.2. The Labute approximate surface area is 166 Å². The van der Waals surface area contributed by atoms with E-state index in [2.05, 4.69) is 4.74 Å². The molecule has 7 heteroatoms. The van der Waals surface area contributed by atoms with Crippen molar-refractivity contribution in [1.82, 2.24) is 4.31 Å². The molecule has 0 aromatic heterocycles. The second-order valence-corrected chi connectivity index (χ2v) is 8.88. The molecule has 1 aliphatic carbocycles. The third kappa shape index (κ3) is 4.36. The van der Waals surface area contributed by atoms with Crippen LogP contribution in [0.4, 0.5) is 0 Å². The van der Waals surface area contributed by atoms with Gasteiger partial charge < -0.3 is 9.47 Å². The van der Waals surface area contributed by atoms with E-state index in [9.17, 15) is 13.2 Å². The topological polar surface area (TPSA) is 72.9 Å². The van der Waals surface area contributed by atoms with Crippen molar-refractivity contribution >= 4 is 16.0 Å². The van der Waals surface area contributed by atoms with Gasteiger partial charge in [0.15, 0.2) is 0 Å². The van der Waals surface area contributed by atoms with E-state index in [0.29, 0.717) is 11.5 Å². The number of carbonyl (C=O) groups excluding carboxylic acids is 1. The van der Waals surface area contributed by atoms with Crippen molar-refractivity contribution in [2.45, 2.75) is 37.2 Å². The van der Waals surface area contributed by atoms with Gasteiger partial charge in [0.1, 0.15) is 5.75 Å². The minimum atomic E-state index is -3.72. The first-order chi connectivity index (χ1) is 13.4. The Morgan fingerprint density at radius 3 is 2.18 bits per heavy atom. The van der Waals surface area contributed by atoms with Gasteiger partial charge in [0, 0.05) is 12.6 Å². The molecule has 0 saturated heterocycles. The number of methoxy groups -OCH3 is 2. The van der Waals surface area contributed by atoms with Crippen molar-refractivity contribution in [3.63, 3.8) is 0 Å². The molecule has 1 saturated carbocycles. The van der Waals surface area contributed by atoms with Crippen molar-refractivity contribution in [3.05, 3.63) is 59.7 Å². The quantitative estimate of drug-likeness (QED) is 0.631. The predicted molar refractivity (Wildman–Crippen MR) is 106 cm³/mol. The zero-order valence-electron chi connectivity index (χ0n) is 16.3. The molecule has 0 N–H and O–H groups in total. The van der Waals surface area contributed by atoms with E-state index in [1.807, 2.05) is 31.2 Å². The lowest BCUT2D eigenvalue weighted by molar-refractivity contribution is 0.0600. The largest absolute Gasteiger partial charge is 0.497 e. The van der Waals surface area contributed by atoms with Gasteiger partial charge in [-0.2, -0.15) is 4.31 Å². The summed E-state index contributed by atoms with van der Waals surface area (Å²) in [7, 11) is -0.830. The summed E-state index contributed by atoms with van der Waals surface area (Å²) in [6.45, 7) is 2.24. The third-order valence-electron chi connectivity index (χ3n) is 5.14. The van der Waals surface area contributed by atoms with Gasteiger partial charge in [-0.15, -0.1) is 0 Å². The van der Waals surface area contributed by atoms with Gasteiger partial charge in [-0.05, 0) is 67.6 Å². The Bertz CT molecular complexity index is 918. The molecule has 1 atom stereocenters. The lowest BCUT2D eigenvalue weighted by atomic mass is 10.1. The number of nitrogens with zero attached hydrogens (tertiary/aromatic N) is 1. The smallest absolute Gasteiger partial charge is 0.337 e. The fourth-order valence-electron chi connectivity index (χ4n) is 3.19. The van der Waals surface area contributed by atoms with Crippen molar-refractivity contribution in [2.24, 2.45) is 5.92 Å². The second kappa shape index (κ2) is 8.32. The molecule has 0 aliphatic heterocycles. The van der Waals surface area contributed by atoms with Crippen LogP contribution in [0, 0.1) is 5.92 Å². The molecule has 0 radical (unpaired) electrons. The van der Waals surface area contributed by atoms with Gasteiger partial charge in [-0.25, -0.2) is 13.2 Å². The van der Waals surface area contributed by atoms with E-state index in [0.717, 1.165) is 24.2 Å². The molecular weight excluding hydrogens is 378 g/mol. The fraction of sp³-hybridized carbons (Fsp3) is 0.381. The summed E-state index contributed by atoms with van der Waals surface area (Å²) >= 11 is 0. The Hall–Kier alpha value is -2.38. The van der Waals surface area contributed by atoms with Crippen molar-refractivity contribution in [2.75, 3.05) is 14.2 Å². The van der Waals surface area contributed by atoms with Gasteiger partial charge in [-0.1, -0.05) is 12.1 Å². The predicted octanol–water partition coefficient (Wildman–Crippen LogP) is 3.47. The molecule has 2 aromatic carbocycles. The maximum Gasteiger partial charge on any atom is 0.337 e.